The maximum absolute atomic E-state index is 10.4. The molecule has 0 aliphatic heterocycles. The molecule has 0 heterocycles. The smallest absolute Gasteiger partial charge is 0.0868 e. The van der Waals surface area contributed by atoms with Crippen molar-refractivity contribution in [3.05, 3.63) is 35.4 Å². The zero-order valence-corrected chi connectivity index (χ0v) is 11.0. The van der Waals surface area contributed by atoms with Gasteiger partial charge in [0.05, 0.1) is 5.60 Å². The summed E-state index contributed by atoms with van der Waals surface area (Å²) >= 11 is 0. The summed E-state index contributed by atoms with van der Waals surface area (Å²) in [7, 11) is 0. The summed E-state index contributed by atoms with van der Waals surface area (Å²) in [6, 6.07) is 8.19. The molecule has 0 saturated heterocycles. The Morgan fingerprint density at radius 1 is 1.19 bits per heavy atom. The van der Waals surface area contributed by atoms with Crippen LogP contribution in [-0.2, 0) is 5.60 Å². The first-order valence-electron chi connectivity index (χ1n) is 6.21. The molecule has 16 heavy (non-hydrogen) atoms. The lowest BCUT2D eigenvalue weighted by atomic mass is 9.89. The topological polar surface area (TPSA) is 20.2 Å². The van der Waals surface area contributed by atoms with E-state index >= 15 is 0 Å². The molecule has 0 amide bonds. The molecule has 0 radical (unpaired) electrons. The van der Waals surface area contributed by atoms with Crippen molar-refractivity contribution in [3.63, 3.8) is 0 Å². The molecule has 0 unspecified atom stereocenters. The van der Waals surface area contributed by atoms with Crippen LogP contribution in [0.1, 0.15) is 51.2 Å². The van der Waals surface area contributed by atoms with E-state index in [0.29, 0.717) is 5.92 Å². The van der Waals surface area contributed by atoms with E-state index in [2.05, 4.69) is 32.9 Å². The van der Waals surface area contributed by atoms with Gasteiger partial charge in [0.1, 0.15) is 0 Å². The van der Waals surface area contributed by atoms with Crippen LogP contribution in [0.5, 0.6) is 0 Å². The van der Waals surface area contributed by atoms with E-state index in [9.17, 15) is 5.11 Å². The highest BCUT2D eigenvalue weighted by Gasteiger charge is 2.22. The van der Waals surface area contributed by atoms with Crippen molar-refractivity contribution in [2.24, 2.45) is 5.92 Å². The quantitative estimate of drug-likeness (QED) is 0.794. The standard InChI is InChI=1S/C15H24O/c1-12(2)6-5-11-15(4,16)14-9-7-13(3)8-10-14/h7-10,12,16H,5-6,11H2,1-4H3/t15-/m1/s1. The summed E-state index contributed by atoms with van der Waals surface area (Å²) in [5.41, 5.74) is 1.59. The zero-order valence-electron chi connectivity index (χ0n) is 11.0. The first-order chi connectivity index (χ1) is 7.42. The average molecular weight is 220 g/mol. The van der Waals surface area contributed by atoms with Crippen LogP contribution in [0.4, 0.5) is 0 Å². The molecule has 1 nitrogen and oxygen atoms in total. The Bertz CT molecular complexity index is 309. The van der Waals surface area contributed by atoms with Crippen molar-refractivity contribution in [2.75, 3.05) is 0 Å². The van der Waals surface area contributed by atoms with Crippen molar-refractivity contribution in [1.29, 1.82) is 0 Å². The van der Waals surface area contributed by atoms with Gasteiger partial charge in [-0.15, -0.1) is 0 Å². The Morgan fingerprint density at radius 2 is 1.75 bits per heavy atom. The molecule has 1 rings (SSSR count). The van der Waals surface area contributed by atoms with Crippen LogP contribution in [0.3, 0.4) is 0 Å². The summed E-state index contributed by atoms with van der Waals surface area (Å²) in [6.07, 6.45) is 3.11. The van der Waals surface area contributed by atoms with Gasteiger partial charge in [0.25, 0.3) is 0 Å². The van der Waals surface area contributed by atoms with Gasteiger partial charge in [0.2, 0.25) is 0 Å². The van der Waals surface area contributed by atoms with E-state index < -0.39 is 5.60 Å². The fourth-order valence-electron chi connectivity index (χ4n) is 1.91. The average Bonchev–Trinajstić information content (AvgIpc) is 2.17. The van der Waals surface area contributed by atoms with Gasteiger partial charge < -0.3 is 5.11 Å². The lowest BCUT2D eigenvalue weighted by molar-refractivity contribution is 0.0441. The van der Waals surface area contributed by atoms with Crippen LogP contribution < -0.4 is 0 Å². The van der Waals surface area contributed by atoms with E-state index in [1.165, 1.54) is 12.0 Å². The summed E-state index contributed by atoms with van der Waals surface area (Å²) in [6.45, 7) is 8.43. The van der Waals surface area contributed by atoms with Crippen LogP contribution >= 0.6 is 0 Å². The number of hydrogen-bond acceptors (Lipinski definition) is 1. The van der Waals surface area contributed by atoms with E-state index in [0.717, 1.165) is 18.4 Å². The van der Waals surface area contributed by atoms with Gasteiger partial charge in [-0.2, -0.15) is 0 Å². The van der Waals surface area contributed by atoms with Crippen molar-refractivity contribution in [2.45, 2.75) is 52.6 Å². The van der Waals surface area contributed by atoms with Crippen LogP contribution in [0, 0.1) is 12.8 Å². The molecule has 0 fully saturated rings. The molecule has 0 spiro atoms. The molecule has 0 aromatic heterocycles. The molecule has 1 heteroatoms. The van der Waals surface area contributed by atoms with Crippen LogP contribution in [0.2, 0.25) is 0 Å². The Hall–Kier alpha value is -0.820. The van der Waals surface area contributed by atoms with Crippen molar-refractivity contribution >= 4 is 0 Å². The molecule has 1 N–H and O–H groups in total. The van der Waals surface area contributed by atoms with Gasteiger partial charge in [0, 0.05) is 0 Å². The minimum atomic E-state index is -0.678. The van der Waals surface area contributed by atoms with Crippen molar-refractivity contribution < 1.29 is 5.11 Å². The maximum Gasteiger partial charge on any atom is 0.0868 e. The zero-order chi connectivity index (χ0) is 12.2. The second-order valence-corrected chi connectivity index (χ2v) is 5.43. The minimum absolute atomic E-state index is 0.678. The molecule has 0 saturated carbocycles. The van der Waals surface area contributed by atoms with E-state index in [1.807, 2.05) is 19.1 Å². The largest absolute Gasteiger partial charge is 0.385 e. The molecule has 0 aliphatic rings. The lowest BCUT2D eigenvalue weighted by Crippen LogP contribution is -2.21. The third kappa shape index (κ3) is 3.97. The number of hydrogen-bond donors (Lipinski definition) is 1. The van der Waals surface area contributed by atoms with Gasteiger partial charge in [-0.25, -0.2) is 0 Å². The second kappa shape index (κ2) is 5.49. The highest BCUT2D eigenvalue weighted by molar-refractivity contribution is 5.25. The normalized spacial score (nSPS) is 15.1. The van der Waals surface area contributed by atoms with Gasteiger partial charge in [0.15, 0.2) is 0 Å². The highest BCUT2D eigenvalue weighted by Crippen LogP contribution is 2.27. The van der Waals surface area contributed by atoms with Crippen molar-refractivity contribution in [1.82, 2.24) is 0 Å². The molecule has 1 aromatic rings. The second-order valence-electron chi connectivity index (χ2n) is 5.43. The van der Waals surface area contributed by atoms with Gasteiger partial charge in [-0.05, 0) is 38.2 Å². The van der Waals surface area contributed by atoms with Crippen LogP contribution in [-0.4, -0.2) is 5.11 Å². The third-order valence-corrected chi connectivity index (χ3v) is 3.12. The molecular weight excluding hydrogens is 196 g/mol. The summed E-state index contributed by atoms with van der Waals surface area (Å²) in [4.78, 5) is 0. The SMILES string of the molecule is Cc1ccc([C@](C)(O)CCCC(C)C)cc1. The maximum atomic E-state index is 10.4. The first-order valence-corrected chi connectivity index (χ1v) is 6.21. The van der Waals surface area contributed by atoms with Gasteiger partial charge in [-0.3, -0.25) is 0 Å². The van der Waals surface area contributed by atoms with Crippen LogP contribution in [0.15, 0.2) is 24.3 Å². The monoisotopic (exact) mass is 220 g/mol. The Balaban J connectivity index is 2.59. The van der Waals surface area contributed by atoms with E-state index in [4.69, 9.17) is 0 Å². The Morgan fingerprint density at radius 3 is 2.25 bits per heavy atom. The predicted octanol–water partition coefficient (Wildman–Crippen LogP) is 4.03. The number of rotatable bonds is 5. The summed E-state index contributed by atoms with van der Waals surface area (Å²) in [5.74, 6) is 0.716. The summed E-state index contributed by atoms with van der Waals surface area (Å²) in [5, 5.41) is 10.4. The van der Waals surface area contributed by atoms with E-state index in [-0.39, 0.29) is 0 Å². The van der Waals surface area contributed by atoms with Crippen molar-refractivity contribution in [3.8, 4) is 0 Å². The summed E-state index contributed by atoms with van der Waals surface area (Å²) < 4.78 is 0. The molecule has 1 atom stereocenters. The van der Waals surface area contributed by atoms with E-state index in [1.54, 1.807) is 0 Å². The lowest BCUT2D eigenvalue weighted by Gasteiger charge is -2.24. The molecule has 1 aromatic carbocycles. The van der Waals surface area contributed by atoms with Crippen LogP contribution in [0.25, 0.3) is 0 Å². The minimum Gasteiger partial charge on any atom is -0.385 e. The Labute approximate surface area is 99.5 Å². The molecule has 90 valence electrons. The van der Waals surface area contributed by atoms with Gasteiger partial charge >= 0.3 is 0 Å². The molecular formula is C15H24O. The fourth-order valence-corrected chi connectivity index (χ4v) is 1.91. The fraction of sp³-hybridized carbons (Fsp3) is 0.600. The number of benzene rings is 1. The highest BCUT2D eigenvalue weighted by atomic mass is 16.3. The number of aliphatic hydroxyl groups is 1. The third-order valence-electron chi connectivity index (χ3n) is 3.12. The molecule has 0 aliphatic carbocycles. The Kier molecular flexibility index (Phi) is 4.55. The number of aryl methyl sites for hydroxylation is 1. The van der Waals surface area contributed by atoms with Gasteiger partial charge in [-0.1, -0.05) is 50.1 Å². The predicted molar refractivity (Wildman–Crippen MR) is 69.4 cm³/mol. The first kappa shape index (κ1) is 13.2. The molecule has 0 bridgehead atoms.